The first-order valence-electron chi connectivity index (χ1n) is 10.5. The van der Waals surface area contributed by atoms with Crippen molar-refractivity contribution in [2.45, 2.75) is 92.1 Å². The first-order valence-corrected chi connectivity index (χ1v) is 10.5. The lowest BCUT2D eigenvalue weighted by Gasteiger charge is -2.53. The maximum atomic E-state index is 11.7. The van der Waals surface area contributed by atoms with Gasteiger partial charge in [-0.05, 0) is 56.9 Å². The lowest BCUT2D eigenvalue weighted by molar-refractivity contribution is -0.137. The van der Waals surface area contributed by atoms with Gasteiger partial charge in [-0.2, -0.15) is 0 Å². The quantitative estimate of drug-likeness (QED) is 0.242. The van der Waals surface area contributed by atoms with Gasteiger partial charge in [0.05, 0.1) is 12.2 Å². The number of allylic oxidation sites excluding steroid dienone is 2. The summed E-state index contributed by atoms with van der Waals surface area (Å²) in [6.45, 7) is 13.0. The Morgan fingerprint density at radius 2 is 1.92 bits per heavy atom. The van der Waals surface area contributed by atoms with Gasteiger partial charge in [0.25, 0.3) is 0 Å². The summed E-state index contributed by atoms with van der Waals surface area (Å²) in [6, 6.07) is 0. The third kappa shape index (κ3) is 5.97. The van der Waals surface area contributed by atoms with E-state index < -0.39 is 5.60 Å². The SMILES string of the molecule is CCCCC[C@@]1(C)[C@H](CC)CC[C@](C)(O)[C@@H]1/C=C/C(C)=C\C(=O)OCC. The summed E-state index contributed by atoms with van der Waals surface area (Å²) in [5, 5.41) is 11.2. The summed E-state index contributed by atoms with van der Waals surface area (Å²) >= 11 is 0. The molecule has 0 amide bonds. The first kappa shape index (κ1) is 23.0. The molecule has 0 aromatic carbocycles. The van der Waals surface area contributed by atoms with Crippen molar-refractivity contribution in [3.05, 3.63) is 23.8 Å². The second kappa shape index (κ2) is 10.3. The Kier molecular flexibility index (Phi) is 9.09. The van der Waals surface area contributed by atoms with Crippen molar-refractivity contribution in [2.24, 2.45) is 17.3 Å². The molecule has 1 aliphatic rings. The third-order valence-corrected chi connectivity index (χ3v) is 6.31. The summed E-state index contributed by atoms with van der Waals surface area (Å²) < 4.78 is 4.99. The van der Waals surface area contributed by atoms with E-state index >= 15 is 0 Å². The van der Waals surface area contributed by atoms with Crippen molar-refractivity contribution < 1.29 is 14.6 Å². The zero-order chi connectivity index (χ0) is 19.8. The molecular weight excluding hydrogens is 324 g/mol. The number of ether oxygens (including phenoxy) is 1. The number of hydrogen-bond donors (Lipinski definition) is 1. The fourth-order valence-corrected chi connectivity index (χ4v) is 4.79. The summed E-state index contributed by atoms with van der Waals surface area (Å²) in [6.07, 6.45) is 13.6. The summed E-state index contributed by atoms with van der Waals surface area (Å²) in [7, 11) is 0. The fraction of sp³-hybridized carbons (Fsp3) is 0.783. The minimum atomic E-state index is -0.701. The van der Waals surface area contributed by atoms with Gasteiger partial charge < -0.3 is 9.84 Å². The van der Waals surface area contributed by atoms with Crippen molar-refractivity contribution in [2.75, 3.05) is 6.61 Å². The van der Waals surface area contributed by atoms with Crippen LogP contribution < -0.4 is 0 Å². The lowest BCUT2D eigenvalue weighted by atomic mass is 9.53. The smallest absolute Gasteiger partial charge is 0.330 e. The van der Waals surface area contributed by atoms with Crippen LogP contribution in [0, 0.1) is 17.3 Å². The molecule has 4 atom stereocenters. The largest absolute Gasteiger partial charge is 0.463 e. The van der Waals surface area contributed by atoms with Crippen LogP contribution >= 0.6 is 0 Å². The molecule has 0 heterocycles. The minimum Gasteiger partial charge on any atom is -0.463 e. The predicted molar refractivity (Wildman–Crippen MR) is 109 cm³/mol. The molecule has 1 N–H and O–H groups in total. The van der Waals surface area contributed by atoms with Crippen LogP contribution in [0.1, 0.15) is 86.5 Å². The molecule has 1 rings (SSSR count). The fourth-order valence-electron chi connectivity index (χ4n) is 4.79. The van der Waals surface area contributed by atoms with E-state index in [4.69, 9.17) is 4.74 Å². The Bertz CT molecular complexity index is 504. The molecule has 0 radical (unpaired) electrons. The van der Waals surface area contributed by atoms with Gasteiger partial charge in [-0.25, -0.2) is 4.79 Å². The van der Waals surface area contributed by atoms with Gasteiger partial charge in [-0.15, -0.1) is 0 Å². The van der Waals surface area contributed by atoms with E-state index in [1.807, 2.05) is 26.8 Å². The van der Waals surface area contributed by atoms with Gasteiger partial charge in [0, 0.05) is 12.0 Å². The highest BCUT2D eigenvalue weighted by Crippen LogP contribution is 2.54. The number of carbonyl (C=O) groups is 1. The highest BCUT2D eigenvalue weighted by molar-refractivity contribution is 5.83. The number of hydrogen-bond acceptors (Lipinski definition) is 3. The average molecular weight is 365 g/mol. The van der Waals surface area contributed by atoms with Gasteiger partial charge >= 0.3 is 5.97 Å². The van der Waals surface area contributed by atoms with Crippen LogP contribution in [0.15, 0.2) is 23.8 Å². The van der Waals surface area contributed by atoms with E-state index in [0.29, 0.717) is 12.5 Å². The second-order valence-electron chi connectivity index (χ2n) is 8.44. The van der Waals surface area contributed by atoms with Gasteiger partial charge in [0.1, 0.15) is 0 Å². The number of esters is 1. The van der Waals surface area contributed by atoms with Crippen LogP contribution in [0.25, 0.3) is 0 Å². The Labute approximate surface area is 160 Å². The highest BCUT2D eigenvalue weighted by Gasteiger charge is 2.50. The van der Waals surface area contributed by atoms with Crippen LogP contribution in [0.4, 0.5) is 0 Å². The summed E-state index contributed by atoms with van der Waals surface area (Å²) in [4.78, 5) is 11.7. The molecule has 1 fully saturated rings. The molecule has 3 heteroatoms. The van der Waals surface area contributed by atoms with Crippen molar-refractivity contribution in [1.29, 1.82) is 0 Å². The van der Waals surface area contributed by atoms with E-state index in [1.54, 1.807) is 0 Å². The molecule has 0 bridgehead atoms. The monoisotopic (exact) mass is 364 g/mol. The second-order valence-corrected chi connectivity index (χ2v) is 8.44. The van der Waals surface area contributed by atoms with Crippen molar-refractivity contribution in [1.82, 2.24) is 0 Å². The summed E-state index contributed by atoms with van der Waals surface area (Å²) in [5.41, 5.74) is 0.258. The Morgan fingerprint density at radius 3 is 2.50 bits per heavy atom. The molecule has 26 heavy (non-hydrogen) atoms. The number of aliphatic hydroxyl groups is 1. The minimum absolute atomic E-state index is 0.0897. The molecule has 150 valence electrons. The van der Waals surface area contributed by atoms with Crippen molar-refractivity contribution in [3.8, 4) is 0 Å². The molecule has 3 nitrogen and oxygen atoms in total. The van der Waals surface area contributed by atoms with Crippen LogP contribution in [0.2, 0.25) is 0 Å². The van der Waals surface area contributed by atoms with Crippen LogP contribution in [0.3, 0.4) is 0 Å². The number of carbonyl (C=O) groups excluding carboxylic acids is 1. The zero-order valence-electron chi connectivity index (χ0n) is 17.8. The van der Waals surface area contributed by atoms with Crippen molar-refractivity contribution >= 4 is 5.97 Å². The van der Waals surface area contributed by atoms with Crippen LogP contribution in [0.5, 0.6) is 0 Å². The standard InChI is InChI=1S/C23H40O3/c1-7-10-11-15-22(5)19(8-2)14-16-23(6,25)20(22)13-12-18(4)17-21(24)26-9-3/h12-13,17,19-20,25H,7-11,14-16H2,1-6H3/b13-12+,18-17-/t19-,20-,22+,23+/m1/s1. The molecule has 0 saturated heterocycles. The average Bonchev–Trinajstić information content (AvgIpc) is 2.54. The number of rotatable bonds is 9. The van der Waals surface area contributed by atoms with Crippen LogP contribution in [-0.4, -0.2) is 23.3 Å². The van der Waals surface area contributed by atoms with Gasteiger partial charge in [-0.1, -0.05) is 58.6 Å². The van der Waals surface area contributed by atoms with Crippen molar-refractivity contribution in [3.63, 3.8) is 0 Å². The summed E-state index contributed by atoms with van der Waals surface area (Å²) in [5.74, 6) is 0.418. The predicted octanol–water partition coefficient (Wildman–Crippen LogP) is 5.83. The molecule has 1 saturated carbocycles. The number of unbranched alkanes of at least 4 members (excludes halogenated alkanes) is 2. The van der Waals surface area contributed by atoms with E-state index in [1.165, 1.54) is 25.3 Å². The third-order valence-electron chi connectivity index (χ3n) is 6.31. The maximum absolute atomic E-state index is 11.7. The van der Waals surface area contributed by atoms with E-state index in [0.717, 1.165) is 31.3 Å². The maximum Gasteiger partial charge on any atom is 0.330 e. The van der Waals surface area contributed by atoms with Gasteiger partial charge in [-0.3, -0.25) is 0 Å². The molecule has 0 aromatic heterocycles. The molecule has 1 aliphatic carbocycles. The van der Waals surface area contributed by atoms with Gasteiger partial charge in [0.2, 0.25) is 0 Å². The zero-order valence-corrected chi connectivity index (χ0v) is 17.8. The van der Waals surface area contributed by atoms with E-state index in [9.17, 15) is 9.90 Å². The first-order chi connectivity index (χ1) is 12.2. The normalized spacial score (nSPS) is 32.8. The van der Waals surface area contributed by atoms with Gasteiger partial charge in [0.15, 0.2) is 0 Å². The topological polar surface area (TPSA) is 46.5 Å². The molecule has 0 spiro atoms. The molecule has 0 aromatic rings. The highest BCUT2D eigenvalue weighted by atomic mass is 16.5. The van der Waals surface area contributed by atoms with E-state index in [2.05, 4.69) is 26.8 Å². The molecular formula is C23H40O3. The Morgan fingerprint density at radius 1 is 1.23 bits per heavy atom. The Balaban J connectivity index is 3.08. The molecule has 0 aliphatic heterocycles. The lowest BCUT2D eigenvalue weighted by Crippen LogP contribution is -2.51. The van der Waals surface area contributed by atoms with Crippen LogP contribution in [-0.2, 0) is 9.53 Å². The Hall–Kier alpha value is -1.09. The van der Waals surface area contributed by atoms with E-state index in [-0.39, 0.29) is 17.3 Å². The molecule has 0 unspecified atom stereocenters.